The number of benzene rings is 2. The van der Waals surface area contributed by atoms with E-state index in [2.05, 4.69) is 15.0 Å². The third-order valence-corrected chi connectivity index (χ3v) is 6.23. The van der Waals surface area contributed by atoms with Crippen LogP contribution >= 0.6 is 11.6 Å². The van der Waals surface area contributed by atoms with Crippen LogP contribution in [-0.4, -0.2) is 25.9 Å². The van der Waals surface area contributed by atoms with Gasteiger partial charge in [0, 0.05) is 12.2 Å². The van der Waals surface area contributed by atoms with Gasteiger partial charge in [-0.2, -0.15) is 0 Å². The van der Waals surface area contributed by atoms with Gasteiger partial charge in [-0.1, -0.05) is 48.0 Å². The summed E-state index contributed by atoms with van der Waals surface area (Å²) in [5.74, 6) is -0.138. The topological polar surface area (TPSA) is 97.4 Å². The van der Waals surface area contributed by atoms with E-state index >= 15 is 0 Å². The molecular weight excluding hydrogens is 438 g/mol. The number of aromatic nitrogens is 1. The lowest BCUT2D eigenvalue weighted by Gasteiger charge is -2.15. The molecule has 0 saturated heterocycles. The van der Waals surface area contributed by atoms with Gasteiger partial charge in [-0.3, -0.25) is 9.78 Å². The van der Waals surface area contributed by atoms with Crippen molar-refractivity contribution in [2.45, 2.75) is 24.4 Å². The predicted molar refractivity (Wildman–Crippen MR) is 118 cm³/mol. The average molecular weight is 460 g/mol. The van der Waals surface area contributed by atoms with Crippen molar-refractivity contribution in [2.75, 3.05) is 6.61 Å². The van der Waals surface area contributed by atoms with Crippen molar-refractivity contribution >= 4 is 27.5 Å². The summed E-state index contributed by atoms with van der Waals surface area (Å²) in [7, 11) is -3.79. The van der Waals surface area contributed by atoms with E-state index < -0.39 is 16.1 Å². The van der Waals surface area contributed by atoms with Gasteiger partial charge in [-0.15, -0.1) is 0 Å². The number of carbonyl (C=O) groups excluding carboxylic acids is 1. The van der Waals surface area contributed by atoms with Crippen LogP contribution in [0.1, 0.15) is 24.2 Å². The van der Waals surface area contributed by atoms with E-state index in [9.17, 15) is 13.2 Å². The van der Waals surface area contributed by atoms with Crippen molar-refractivity contribution in [3.05, 3.63) is 89.2 Å². The van der Waals surface area contributed by atoms with Gasteiger partial charge in [0.15, 0.2) is 6.61 Å². The molecule has 0 saturated carbocycles. The van der Waals surface area contributed by atoms with Gasteiger partial charge in [-0.25, -0.2) is 13.1 Å². The van der Waals surface area contributed by atoms with Crippen LogP contribution in [-0.2, 0) is 21.4 Å². The molecule has 0 aliphatic rings. The van der Waals surface area contributed by atoms with Crippen molar-refractivity contribution in [3.8, 4) is 5.75 Å². The number of nitrogens with one attached hydrogen (secondary N) is 2. The Balaban J connectivity index is 1.58. The SMILES string of the molecule is C[C@@H](NS(=O)(=O)c1ccc(OCC(=O)NCc2ccccn2)c(Cl)c1)c1ccccc1. The lowest BCUT2D eigenvalue weighted by atomic mass is 10.1. The summed E-state index contributed by atoms with van der Waals surface area (Å²) in [5, 5.41) is 2.78. The quantitative estimate of drug-likeness (QED) is 0.510. The molecule has 162 valence electrons. The Hall–Kier alpha value is -2.94. The number of amides is 1. The lowest BCUT2D eigenvalue weighted by molar-refractivity contribution is -0.123. The first kappa shape index (κ1) is 22.7. The first-order valence-electron chi connectivity index (χ1n) is 9.51. The Kier molecular flexibility index (Phi) is 7.62. The summed E-state index contributed by atoms with van der Waals surface area (Å²) >= 11 is 6.19. The fourth-order valence-corrected chi connectivity index (χ4v) is 4.32. The average Bonchev–Trinajstić information content (AvgIpc) is 2.77. The molecule has 2 N–H and O–H groups in total. The maximum atomic E-state index is 12.7. The fourth-order valence-electron chi connectivity index (χ4n) is 2.76. The summed E-state index contributed by atoms with van der Waals surface area (Å²) in [6.07, 6.45) is 1.64. The molecule has 0 fully saturated rings. The molecule has 0 unspecified atom stereocenters. The Morgan fingerprint density at radius 2 is 1.84 bits per heavy atom. The van der Waals surface area contributed by atoms with Crippen molar-refractivity contribution in [3.63, 3.8) is 0 Å². The molecule has 3 aromatic rings. The fraction of sp³-hybridized carbons (Fsp3) is 0.182. The Morgan fingerprint density at radius 3 is 2.52 bits per heavy atom. The number of carbonyl (C=O) groups is 1. The second-order valence-electron chi connectivity index (χ2n) is 6.73. The third kappa shape index (κ3) is 6.52. The van der Waals surface area contributed by atoms with Crippen LogP contribution in [0.2, 0.25) is 5.02 Å². The molecule has 0 radical (unpaired) electrons. The molecule has 9 heteroatoms. The maximum absolute atomic E-state index is 12.7. The Bertz CT molecular complexity index is 1130. The largest absolute Gasteiger partial charge is 0.482 e. The smallest absolute Gasteiger partial charge is 0.258 e. The third-order valence-electron chi connectivity index (χ3n) is 4.40. The molecule has 3 rings (SSSR count). The highest BCUT2D eigenvalue weighted by molar-refractivity contribution is 7.89. The van der Waals surface area contributed by atoms with Gasteiger partial charge < -0.3 is 10.1 Å². The monoisotopic (exact) mass is 459 g/mol. The predicted octanol–water partition coefficient (Wildman–Crippen LogP) is 3.47. The first-order chi connectivity index (χ1) is 14.8. The van der Waals surface area contributed by atoms with Crippen molar-refractivity contribution < 1.29 is 17.9 Å². The summed E-state index contributed by atoms with van der Waals surface area (Å²) in [5.41, 5.74) is 1.56. The summed E-state index contributed by atoms with van der Waals surface area (Å²) < 4.78 is 33.4. The molecule has 0 spiro atoms. The molecule has 7 nitrogen and oxygen atoms in total. The van der Waals surface area contributed by atoms with E-state index in [1.165, 1.54) is 18.2 Å². The molecule has 1 heterocycles. The van der Waals surface area contributed by atoms with Crippen LogP contribution in [0.3, 0.4) is 0 Å². The number of hydrogen-bond acceptors (Lipinski definition) is 5. The molecule has 31 heavy (non-hydrogen) atoms. The van der Waals surface area contributed by atoms with Gasteiger partial charge in [-0.05, 0) is 42.8 Å². The van der Waals surface area contributed by atoms with Crippen LogP contribution in [0.4, 0.5) is 0 Å². The van der Waals surface area contributed by atoms with Crippen LogP contribution < -0.4 is 14.8 Å². The molecule has 1 aromatic heterocycles. The van der Waals surface area contributed by atoms with Gasteiger partial charge >= 0.3 is 0 Å². The van der Waals surface area contributed by atoms with E-state index in [-0.39, 0.29) is 34.7 Å². The number of nitrogens with zero attached hydrogens (tertiary/aromatic N) is 1. The first-order valence-corrected chi connectivity index (χ1v) is 11.4. The van der Waals surface area contributed by atoms with E-state index in [1.807, 2.05) is 36.4 Å². The van der Waals surface area contributed by atoms with Crippen molar-refractivity contribution in [1.29, 1.82) is 0 Å². The van der Waals surface area contributed by atoms with Crippen LogP contribution in [0.25, 0.3) is 0 Å². The van der Waals surface area contributed by atoms with Crippen molar-refractivity contribution in [1.82, 2.24) is 15.0 Å². The molecule has 0 bridgehead atoms. The van der Waals surface area contributed by atoms with Gasteiger partial charge in [0.05, 0.1) is 22.2 Å². The zero-order chi connectivity index (χ0) is 22.3. The number of pyridine rings is 1. The van der Waals surface area contributed by atoms with Crippen LogP contribution in [0, 0.1) is 0 Å². The Morgan fingerprint density at radius 1 is 1.10 bits per heavy atom. The molecule has 0 aliphatic carbocycles. The summed E-state index contributed by atoms with van der Waals surface area (Å²) in [4.78, 5) is 16.1. The summed E-state index contributed by atoms with van der Waals surface area (Å²) in [6, 6.07) is 18.3. The number of ether oxygens (including phenoxy) is 1. The molecular formula is C22H22ClN3O4S. The molecule has 1 atom stereocenters. The number of hydrogen-bond donors (Lipinski definition) is 2. The Labute approximate surface area is 186 Å². The van der Waals surface area contributed by atoms with Crippen LogP contribution in [0.15, 0.2) is 77.8 Å². The number of rotatable bonds is 9. The number of halogens is 1. The zero-order valence-corrected chi connectivity index (χ0v) is 18.4. The van der Waals surface area contributed by atoms with Crippen molar-refractivity contribution in [2.24, 2.45) is 0 Å². The highest BCUT2D eigenvalue weighted by Crippen LogP contribution is 2.28. The van der Waals surface area contributed by atoms with E-state index in [1.54, 1.807) is 25.3 Å². The second kappa shape index (κ2) is 10.4. The van der Waals surface area contributed by atoms with Gasteiger partial charge in [0.1, 0.15) is 5.75 Å². The molecule has 2 aromatic carbocycles. The second-order valence-corrected chi connectivity index (χ2v) is 8.85. The standard InChI is InChI=1S/C22H22ClN3O4S/c1-16(17-7-3-2-4-8-17)26-31(28,29)19-10-11-21(20(23)13-19)30-15-22(27)25-14-18-9-5-6-12-24-18/h2-13,16,26H,14-15H2,1H3,(H,25,27)/t16-/m1/s1. The molecule has 0 aliphatic heterocycles. The van der Waals surface area contributed by atoms with E-state index in [4.69, 9.17) is 16.3 Å². The minimum atomic E-state index is -3.79. The lowest BCUT2D eigenvalue weighted by Crippen LogP contribution is -2.28. The van der Waals surface area contributed by atoms with Gasteiger partial charge in [0.2, 0.25) is 10.0 Å². The maximum Gasteiger partial charge on any atom is 0.258 e. The van der Waals surface area contributed by atoms with Gasteiger partial charge in [0.25, 0.3) is 5.91 Å². The number of sulfonamides is 1. The minimum absolute atomic E-state index is 0.00670. The zero-order valence-electron chi connectivity index (χ0n) is 16.8. The molecule has 1 amide bonds. The van der Waals surface area contributed by atoms with E-state index in [0.717, 1.165) is 11.3 Å². The minimum Gasteiger partial charge on any atom is -0.482 e. The normalized spacial score (nSPS) is 12.2. The van der Waals surface area contributed by atoms with Crippen LogP contribution in [0.5, 0.6) is 5.75 Å². The summed E-state index contributed by atoms with van der Waals surface area (Å²) in [6.45, 7) is 1.77. The van der Waals surface area contributed by atoms with E-state index in [0.29, 0.717) is 0 Å². The highest BCUT2D eigenvalue weighted by Gasteiger charge is 2.20. The highest BCUT2D eigenvalue weighted by atomic mass is 35.5.